The fourth-order valence-corrected chi connectivity index (χ4v) is 2.11. The first-order valence-electron chi connectivity index (χ1n) is 7.70. The summed E-state index contributed by atoms with van der Waals surface area (Å²) in [4.78, 5) is 20.0. The molecule has 0 saturated heterocycles. The van der Waals surface area contributed by atoms with Gasteiger partial charge in [-0.3, -0.25) is 0 Å². The number of pyridine rings is 1. The van der Waals surface area contributed by atoms with Crippen LogP contribution in [0.2, 0.25) is 0 Å². The molecular weight excluding hydrogens is 332 g/mol. The van der Waals surface area contributed by atoms with Gasteiger partial charge in [0, 0.05) is 19.4 Å². The van der Waals surface area contributed by atoms with Crippen LogP contribution < -0.4 is 4.74 Å². The van der Waals surface area contributed by atoms with E-state index in [1.165, 1.54) is 19.4 Å². The Morgan fingerprint density at radius 2 is 2.08 bits per heavy atom. The molecule has 1 aliphatic rings. The number of rotatable bonds is 9. The standard InChI is InChI=1S/C16H22N2O7/c1-16(15(20)22-3)10-25-14(18-16)12-13(19)11(4-5-17-12)24-9-8-23-7-6-21-2/h4-5,19H,6-10H2,1-3H3/t16-/m1/s1. The SMILES string of the molecule is COCCOCCOc1ccnc(C2=N[C@@](C)(C(=O)OC)CO2)c1O. The molecule has 0 saturated carbocycles. The molecule has 0 amide bonds. The molecule has 0 radical (unpaired) electrons. The molecule has 0 aromatic carbocycles. The van der Waals surface area contributed by atoms with Crippen molar-refractivity contribution in [1.29, 1.82) is 0 Å². The monoisotopic (exact) mass is 354 g/mol. The van der Waals surface area contributed by atoms with Crippen molar-refractivity contribution in [2.45, 2.75) is 12.5 Å². The number of hydrogen-bond donors (Lipinski definition) is 1. The van der Waals surface area contributed by atoms with Gasteiger partial charge in [0.05, 0.1) is 26.9 Å². The number of aliphatic imine (C=N–C) groups is 1. The summed E-state index contributed by atoms with van der Waals surface area (Å²) in [6.07, 6.45) is 1.45. The largest absolute Gasteiger partial charge is 0.503 e. The minimum atomic E-state index is -1.16. The van der Waals surface area contributed by atoms with Crippen LogP contribution in [0.15, 0.2) is 17.3 Å². The molecule has 0 aliphatic carbocycles. The maximum absolute atomic E-state index is 11.8. The zero-order chi connectivity index (χ0) is 18.3. The van der Waals surface area contributed by atoms with Crippen molar-refractivity contribution in [3.8, 4) is 11.5 Å². The zero-order valence-electron chi connectivity index (χ0n) is 14.5. The van der Waals surface area contributed by atoms with Gasteiger partial charge in [-0.15, -0.1) is 0 Å². The van der Waals surface area contributed by atoms with E-state index in [0.717, 1.165) is 0 Å². The molecule has 138 valence electrons. The Morgan fingerprint density at radius 1 is 1.32 bits per heavy atom. The number of carbonyl (C=O) groups is 1. The summed E-state index contributed by atoms with van der Waals surface area (Å²) in [6, 6.07) is 1.52. The molecule has 25 heavy (non-hydrogen) atoms. The molecule has 0 unspecified atom stereocenters. The fourth-order valence-electron chi connectivity index (χ4n) is 2.11. The normalized spacial score (nSPS) is 19.2. The van der Waals surface area contributed by atoms with Gasteiger partial charge in [0.2, 0.25) is 5.90 Å². The Balaban J connectivity index is 2.03. The van der Waals surface area contributed by atoms with Crippen molar-refractivity contribution in [2.24, 2.45) is 4.99 Å². The molecule has 1 aliphatic heterocycles. The van der Waals surface area contributed by atoms with Crippen molar-refractivity contribution in [3.05, 3.63) is 18.0 Å². The smallest absolute Gasteiger partial charge is 0.337 e. The number of aromatic nitrogens is 1. The highest BCUT2D eigenvalue weighted by Crippen LogP contribution is 2.31. The van der Waals surface area contributed by atoms with Crippen molar-refractivity contribution in [1.82, 2.24) is 4.98 Å². The third-order valence-electron chi connectivity index (χ3n) is 3.47. The summed E-state index contributed by atoms with van der Waals surface area (Å²) in [5, 5.41) is 10.3. The molecule has 1 aromatic heterocycles. The lowest BCUT2D eigenvalue weighted by atomic mass is 10.1. The Hall–Kier alpha value is -2.39. The minimum Gasteiger partial charge on any atom is -0.503 e. The maximum Gasteiger partial charge on any atom is 0.337 e. The molecule has 0 fully saturated rings. The van der Waals surface area contributed by atoms with Crippen LogP contribution in [-0.2, 0) is 23.7 Å². The number of methoxy groups -OCH3 is 2. The van der Waals surface area contributed by atoms with E-state index < -0.39 is 11.5 Å². The van der Waals surface area contributed by atoms with E-state index in [9.17, 15) is 9.90 Å². The van der Waals surface area contributed by atoms with E-state index in [4.69, 9.17) is 23.7 Å². The topological polar surface area (TPSA) is 109 Å². The Kier molecular flexibility index (Phi) is 6.54. The second-order valence-corrected chi connectivity index (χ2v) is 5.43. The molecule has 1 atom stereocenters. The number of ether oxygens (including phenoxy) is 5. The van der Waals surface area contributed by atoms with Crippen molar-refractivity contribution in [3.63, 3.8) is 0 Å². The lowest BCUT2D eigenvalue weighted by molar-refractivity contribution is -0.146. The fraction of sp³-hybridized carbons (Fsp3) is 0.562. The van der Waals surface area contributed by atoms with Crippen LogP contribution in [0.1, 0.15) is 12.6 Å². The lowest BCUT2D eigenvalue weighted by Crippen LogP contribution is -2.35. The summed E-state index contributed by atoms with van der Waals surface area (Å²) in [6.45, 7) is 3.15. The highest BCUT2D eigenvalue weighted by Gasteiger charge is 2.41. The van der Waals surface area contributed by atoms with E-state index in [0.29, 0.717) is 19.8 Å². The van der Waals surface area contributed by atoms with Crippen LogP contribution in [0.3, 0.4) is 0 Å². The lowest BCUT2D eigenvalue weighted by Gasteiger charge is -2.13. The van der Waals surface area contributed by atoms with Gasteiger partial charge in [-0.2, -0.15) is 0 Å². The van der Waals surface area contributed by atoms with Crippen molar-refractivity contribution < 1.29 is 33.6 Å². The number of nitrogens with zero attached hydrogens (tertiary/aromatic N) is 2. The quantitative estimate of drug-likeness (QED) is 0.505. The molecule has 2 heterocycles. The highest BCUT2D eigenvalue weighted by molar-refractivity contribution is 5.99. The molecule has 1 N–H and O–H groups in total. The van der Waals surface area contributed by atoms with Gasteiger partial charge < -0.3 is 28.8 Å². The first-order valence-corrected chi connectivity index (χ1v) is 7.70. The van der Waals surface area contributed by atoms with E-state index >= 15 is 0 Å². The average Bonchev–Trinajstić information content (AvgIpc) is 3.02. The van der Waals surface area contributed by atoms with E-state index in [-0.39, 0.29) is 36.3 Å². The second kappa shape index (κ2) is 8.63. The second-order valence-electron chi connectivity index (χ2n) is 5.43. The summed E-state index contributed by atoms with van der Waals surface area (Å²) >= 11 is 0. The number of carbonyl (C=O) groups excluding carboxylic acids is 1. The average molecular weight is 354 g/mol. The molecule has 9 nitrogen and oxygen atoms in total. The Labute approximate surface area is 145 Å². The first-order chi connectivity index (χ1) is 12.0. The van der Waals surface area contributed by atoms with Gasteiger partial charge in [0.15, 0.2) is 22.7 Å². The third-order valence-corrected chi connectivity index (χ3v) is 3.47. The van der Waals surface area contributed by atoms with Gasteiger partial charge in [-0.05, 0) is 6.92 Å². The van der Waals surface area contributed by atoms with Crippen LogP contribution in [0.25, 0.3) is 0 Å². The van der Waals surface area contributed by atoms with Gasteiger partial charge in [-0.1, -0.05) is 0 Å². The molecule has 0 bridgehead atoms. The van der Waals surface area contributed by atoms with Gasteiger partial charge in [-0.25, -0.2) is 14.8 Å². The Bertz CT molecular complexity index is 635. The highest BCUT2D eigenvalue weighted by atomic mass is 16.5. The predicted molar refractivity (Wildman–Crippen MR) is 87.0 cm³/mol. The molecule has 0 spiro atoms. The summed E-state index contributed by atoms with van der Waals surface area (Å²) < 4.78 is 25.8. The minimum absolute atomic E-state index is 0.00848. The Morgan fingerprint density at radius 3 is 2.80 bits per heavy atom. The number of hydrogen-bond acceptors (Lipinski definition) is 9. The molecule has 1 aromatic rings. The van der Waals surface area contributed by atoms with Crippen molar-refractivity contribution in [2.75, 3.05) is 47.3 Å². The van der Waals surface area contributed by atoms with Gasteiger partial charge >= 0.3 is 5.97 Å². The molecule has 9 heteroatoms. The van der Waals surface area contributed by atoms with Crippen LogP contribution in [0.4, 0.5) is 0 Å². The third kappa shape index (κ3) is 4.58. The maximum atomic E-state index is 11.8. The van der Waals surface area contributed by atoms with Crippen LogP contribution in [0.5, 0.6) is 11.5 Å². The van der Waals surface area contributed by atoms with Gasteiger partial charge in [0.25, 0.3) is 0 Å². The summed E-state index contributed by atoms with van der Waals surface area (Å²) in [7, 11) is 2.87. The molecular formula is C16H22N2O7. The van der Waals surface area contributed by atoms with Crippen LogP contribution >= 0.6 is 0 Å². The summed E-state index contributed by atoms with van der Waals surface area (Å²) in [5.41, 5.74) is -1.06. The summed E-state index contributed by atoms with van der Waals surface area (Å²) in [5.74, 6) is -0.458. The predicted octanol–water partition coefficient (Wildman–Crippen LogP) is 0.537. The number of aromatic hydroxyl groups is 1. The van der Waals surface area contributed by atoms with E-state index in [1.807, 2.05) is 0 Å². The number of esters is 1. The van der Waals surface area contributed by atoms with Crippen LogP contribution in [0, 0.1) is 0 Å². The van der Waals surface area contributed by atoms with Crippen molar-refractivity contribution >= 4 is 11.9 Å². The van der Waals surface area contributed by atoms with E-state index in [1.54, 1.807) is 14.0 Å². The zero-order valence-corrected chi connectivity index (χ0v) is 14.5. The van der Waals surface area contributed by atoms with Gasteiger partial charge in [0.1, 0.15) is 13.2 Å². The first kappa shape index (κ1) is 18.9. The molecule has 2 rings (SSSR count). The van der Waals surface area contributed by atoms with E-state index in [2.05, 4.69) is 9.98 Å². The van der Waals surface area contributed by atoms with Crippen LogP contribution in [-0.4, -0.2) is 74.8 Å².